The van der Waals surface area contributed by atoms with Crippen molar-refractivity contribution in [1.82, 2.24) is 5.32 Å². The first kappa shape index (κ1) is 11.4. The molecule has 1 nitrogen and oxygen atoms in total. The van der Waals surface area contributed by atoms with Gasteiger partial charge in [-0.1, -0.05) is 27.2 Å². The third kappa shape index (κ3) is 5.58. The Morgan fingerprint density at radius 3 is 2.62 bits per heavy atom. The molecule has 1 fully saturated rings. The molecule has 78 valence electrons. The second-order valence-corrected chi connectivity index (χ2v) is 6.82. The molecule has 1 rings (SSSR count). The van der Waals surface area contributed by atoms with Crippen LogP contribution in [0.25, 0.3) is 0 Å². The molecule has 0 aliphatic carbocycles. The van der Waals surface area contributed by atoms with E-state index < -0.39 is 0 Å². The zero-order chi connectivity index (χ0) is 9.73. The standard InChI is InChI=1S/C11H23NS/c1-11(2,3)13-9-7-10-6-4-5-8-12-10/h10,12H,4-9H2,1-3H3/t10-/m1/s1. The minimum atomic E-state index is 0.439. The lowest BCUT2D eigenvalue weighted by molar-refractivity contribution is 0.394. The summed E-state index contributed by atoms with van der Waals surface area (Å²) in [5, 5.41) is 3.59. The van der Waals surface area contributed by atoms with Gasteiger partial charge in [-0.15, -0.1) is 0 Å². The van der Waals surface area contributed by atoms with Crippen LogP contribution in [0.2, 0.25) is 0 Å². The van der Waals surface area contributed by atoms with Crippen molar-refractivity contribution in [3.05, 3.63) is 0 Å². The minimum Gasteiger partial charge on any atom is -0.314 e. The summed E-state index contributed by atoms with van der Waals surface area (Å²) in [5.74, 6) is 1.31. The fourth-order valence-corrected chi connectivity index (χ4v) is 2.69. The lowest BCUT2D eigenvalue weighted by Gasteiger charge is -2.25. The van der Waals surface area contributed by atoms with Crippen LogP contribution in [0.1, 0.15) is 46.5 Å². The molecule has 0 unspecified atom stereocenters. The molecule has 1 N–H and O–H groups in total. The highest BCUT2D eigenvalue weighted by atomic mass is 32.2. The van der Waals surface area contributed by atoms with Gasteiger partial charge in [-0.05, 0) is 31.6 Å². The molecule has 1 atom stereocenters. The summed E-state index contributed by atoms with van der Waals surface area (Å²) < 4.78 is 0.439. The Morgan fingerprint density at radius 2 is 2.08 bits per heavy atom. The van der Waals surface area contributed by atoms with Gasteiger partial charge in [-0.2, -0.15) is 11.8 Å². The van der Waals surface area contributed by atoms with Gasteiger partial charge >= 0.3 is 0 Å². The zero-order valence-electron chi connectivity index (χ0n) is 9.23. The van der Waals surface area contributed by atoms with E-state index in [0.29, 0.717) is 4.75 Å². The Kier molecular flexibility index (Phi) is 4.60. The maximum atomic E-state index is 3.59. The van der Waals surface area contributed by atoms with Gasteiger partial charge in [0.2, 0.25) is 0 Å². The highest BCUT2D eigenvalue weighted by Crippen LogP contribution is 2.25. The third-order valence-electron chi connectivity index (χ3n) is 2.41. The fourth-order valence-electron chi connectivity index (χ4n) is 1.68. The van der Waals surface area contributed by atoms with Gasteiger partial charge in [-0.25, -0.2) is 0 Å². The van der Waals surface area contributed by atoms with Gasteiger partial charge in [0.1, 0.15) is 0 Å². The number of rotatable bonds is 3. The highest BCUT2D eigenvalue weighted by molar-refractivity contribution is 8.00. The molecule has 0 spiro atoms. The van der Waals surface area contributed by atoms with Crippen LogP contribution >= 0.6 is 11.8 Å². The van der Waals surface area contributed by atoms with E-state index in [4.69, 9.17) is 0 Å². The maximum Gasteiger partial charge on any atom is 0.00751 e. The number of piperidine rings is 1. The lowest BCUT2D eigenvalue weighted by atomic mass is 10.0. The van der Waals surface area contributed by atoms with Crippen molar-refractivity contribution < 1.29 is 0 Å². The molecule has 1 heterocycles. The summed E-state index contributed by atoms with van der Waals surface area (Å²) >= 11 is 2.09. The molecule has 0 amide bonds. The molecule has 1 saturated heterocycles. The number of nitrogens with one attached hydrogen (secondary N) is 1. The van der Waals surface area contributed by atoms with E-state index in [9.17, 15) is 0 Å². The second kappa shape index (κ2) is 5.26. The number of thioether (sulfide) groups is 1. The Labute approximate surface area is 87.1 Å². The SMILES string of the molecule is CC(C)(C)SCC[C@H]1CCCCN1. The van der Waals surface area contributed by atoms with Crippen LogP contribution < -0.4 is 5.32 Å². The van der Waals surface area contributed by atoms with E-state index in [-0.39, 0.29) is 0 Å². The van der Waals surface area contributed by atoms with Crippen LogP contribution in [0, 0.1) is 0 Å². The first-order chi connectivity index (χ1) is 6.08. The van der Waals surface area contributed by atoms with Gasteiger partial charge in [0.25, 0.3) is 0 Å². The molecule has 1 aliphatic heterocycles. The van der Waals surface area contributed by atoms with Gasteiger partial charge in [0.15, 0.2) is 0 Å². The van der Waals surface area contributed by atoms with Crippen molar-refractivity contribution in [3.8, 4) is 0 Å². The van der Waals surface area contributed by atoms with E-state index in [0.717, 1.165) is 6.04 Å². The Balaban J connectivity index is 2.04. The Morgan fingerprint density at radius 1 is 1.31 bits per heavy atom. The van der Waals surface area contributed by atoms with Crippen molar-refractivity contribution in [2.45, 2.75) is 57.2 Å². The summed E-state index contributed by atoms with van der Waals surface area (Å²) in [7, 11) is 0. The molecule has 0 aromatic heterocycles. The van der Waals surface area contributed by atoms with Crippen molar-refractivity contribution in [2.75, 3.05) is 12.3 Å². The minimum absolute atomic E-state index is 0.439. The van der Waals surface area contributed by atoms with Crippen LogP contribution in [0.3, 0.4) is 0 Å². The highest BCUT2D eigenvalue weighted by Gasteiger charge is 2.14. The Hall–Kier alpha value is 0.310. The summed E-state index contributed by atoms with van der Waals surface area (Å²) in [6, 6.07) is 0.809. The van der Waals surface area contributed by atoms with Crippen LogP contribution in [0.15, 0.2) is 0 Å². The van der Waals surface area contributed by atoms with Crippen molar-refractivity contribution in [3.63, 3.8) is 0 Å². The van der Waals surface area contributed by atoms with Crippen molar-refractivity contribution in [1.29, 1.82) is 0 Å². The van der Waals surface area contributed by atoms with Crippen LogP contribution in [0.5, 0.6) is 0 Å². The quantitative estimate of drug-likeness (QED) is 0.753. The van der Waals surface area contributed by atoms with Crippen LogP contribution in [-0.2, 0) is 0 Å². The first-order valence-electron chi connectivity index (χ1n) is 5.45. The van der Waals surface area contributed by atoms with Gasteiger partial charge in [0.05, 0.1) is 0 Å². The second-order valence-electron chi connectivity index (χ2n) is 4.90. The van der Waals surface area contributed by atoms with Gasteiger partial charge in [-0.3, -0.25) is 0 Å². The van der Waals surface area contributed by atoms with Crippen molar-refractivity contribution in [2.24, 2.45) is 0 Å². The molecule has 0 aromatic carbocycles. The van der Waals surface area contributed by atoms with E-state index in [1.54, 1.807) is 0 Å². The largest absolute Gasteiger partial charge is 0.314 e. The van der Waals surface area contributed by atoms with E-state index in [1.807, 2.05) is 0 Å². The molecule has 0 radical (unpaired) electrons. The van der Waals surface area contributed by atoms with E-state index in [2.05, 4.69) is 37.8 Å². The molecule has 0 bridgehead atoms. The van der Waals surface area contributed by atoms with E-state index >= 15 is 0 Å². The monoisotopic (exact) mass is 201 g/mol. The smallest absolute Gasteiger partial charge is 0.00751 e. The lowest BCUT2D eigenvalue weighted by Crippen LogP contribution is -2.34. The fraction of sp³-hybridized carbons (Fsp3) is 1.00. The molecular weight excluding hydrogens is 178 g/mol. The summed E-state index contributed by atoms with van der Waals surface area (Å²) in [6.45, 7) is 8.13. The topological polar surface area (TPSA) is 12.0 Å². The zero-order valence-corrected chi connectivity index (χ0v) is 10.0. The summed E-state index contributed by atoms with van der Waals surface area (Å²) in [6.07, 6.45) is 5.55. The van der Waals surface area contributed by atoms with Gasteiger partial charge in [0, 0.05) is 10.8 Å². The van der Waals surface area contributed by atoms with Gasteiger partial charge < -0.3 is 5.32 Å². The predicted molar refractivity (Wildman–Crippen MR) is 62.5 cm³/mol. The summed E-state index contributed by atoms with van der Waals surface area (Å²) in [5.41, 5.74) is 0. The average Bonchev–Trinajstić information content (AvgIpc) is 2.04. The van der Waals surface area contributed by atoms with Crippen LogP contribution in [-0.4, -0.2) is 23.1 Å². The molecule has 0 aromatic rings. The first-order valence-corrected chi connectivity index (χ1v) is 6.44. The molecule has 1 aliphatic rings. The van der Waals surface area contributed by atoms with E-state index in [1.165, 1.54) is 38.0 Å². The molecule has 13 heavy (non-hydrogen) atoms. The normalized spacial score (nSPS) is 24.7. The Bertz CT molecular complexity index is 134. The maximum absolute atomic E-state index is 3.59. The number of hydrogen-bond donors (Lipinski definition) is 1. The average molecular weight is 201 g/mol. The third-order valence-corrected chi connectivity index (χ3v) is 3.72. The van der Waals surface area contributed by atoms with Crippen LogP contribution in [0.4, 0.5) is 0 Å². The molecular formula is C11H23NS. The summed E-state index contributed by atoms with van der Waals surface area (Å²) in [4.78, 5) is 0. The number of hydrogen-bond acceptors (Lipinski definition) is 2. The molecule has 2 heteroatoms. The van der Waals surface area contributed by atoms with Crippen molar-refractivity contribution >= 4 is 11.8 Å². The predicted octanol–water partition coefficient (Wildman–Crippen LogP) is 3.05. The molecule has 0 saturated carbocycles.